The van der Waals surface area contributed by atoms with Crippen LogP contribution in [0.1, 0.15) is 54.9 Å². The molecule has 0 aliphatic rings. The van der Waals surface area contributed by atoms with Crippen LogP contribution in [0.25, 0.3) is 0 Å². The highest BCUT2D eigenvalue weighted by Gasteiger charge is 1.95. The van der Waals surface area contributed by atoms with E-state index in [1.807, 2.05) is 60.6 Å². The molecular weight excluding hydrogens is 240 g/mol. The zero-order valence-electron chi connectivity index (χ0n) is 14.7. The molecule has 0 unspecified atom stereocenters. The van der Waals surface area contributed by atoms with Gasteiger partial charge in [0.05, 0.1) is 0 Å². The second-order valence-corrected chi connectivity index (χ2v) is 3.71. The van der Waals surface area contributed by atoms with E-state index in [9.17, 15) is 0 Å². The van der Waals surface area contributed by atoms with E-state index in [0.29, 0.717) is 0 Å². The van der Waals surface area contributed by atoms with Crippen LogP contribution in [-0.2, 0) is 0 Å². The van der Waals surface area contributed by atoms with Crippen molar-refractivity contribution in [3.8, 4) is 0 Å². The van der Waals surface area contributed by atoms with Crippen molar-refractivity contribution in [3.05, 3.63) is 72.4 Å². The number of allylic oxidation sites excluding steroid dienone is 10. The van der Waals surface area contributed by atoms with Gasteiger partial charge >= 0.3 is 0 Å². The summed E-state index contributed by atoms with van der Waals surface area (Å²) in [6.07, 6.45) is 15.2. The van der Waals surface area contributed by atoms with Gasteiger partial charge in [-0.15, -0.1) is 0 Å². The molecule has 0 spiro atoms. The van der Waals surface area contributed by atoms with Crippen LogP contribution >= 0.6 is 0 Å². The lowest BCUT2D eigenvalue weighted by molar-refractivity contribution is 1.20. The van der Waals surface area contributed by atoms with Gasteiger partial charge in [-0.3, -0.25) is 0 Å². The van der Waals surface area contributed by atoms with Crippen molar-refractivity contribution in [2.75, 3.05) is 0 Å². The molecule has 0 saturated carbocycles. The second-order valence-electron chi connectivity index (χ2n) is 3.71. The van der Waals surface area contributed by atoms with Gasteiger partial charge in [-0.2, -0.15) is 0 Å². The zero-order chi connectivity index (χ0) is 16.4. The summed E-state index contributed by atoms with van der Waals surface area (Å²) in [5.41, 5.74) is 3.52. The third kappa shape index (κ3) is 16.4. The summed E-state index contributed by atoms with van der Waals surface area (Å²) in [5, 5.41) is 0. The fourth-order valence-corrected chi connectivity index (χ4v) is 1.34. The van der Waals surface area contributed by atoms with Crippen LogP contribution in [0.4, 0.5) is 0 Å². The van der Waals surface area contributed by atoms with Crippen LogP contribution in [0.3, 0.4) is 0 Å². The van der Waals surface area contributed by atoms with E-state index in [0.717, 1.165) is 12.0 Å². The summed E-state index contributed by atoms with van der Waals surface area (Å²) in [6, 6.07) is 0. The molecule has 0 aromatic carbocycles. The number of hydrogen-bond donors (Lipinski definition) is 0. The van der Waals surface area contributed by atoms with Gasteiger partial charge in [-0.25, -0.2) is 0 Å². The molecule has 0 amide bonds. The molecule has 0 nitrogen and oxygen atoms in total. The SMILES string of the molecule is C=C/C(=C\C(=C)C)CC(/C=C\C)=C/C=C\C.CC.CC. The van der Waals surface area contributed by atoms with E-state index in [2.05, 4.69) is 43.5 Å². The summed E-state index contributed by atoms with van der Waals surface area (Å²) in [6.45, 7) is 21.7. The minimum Gasteiger partial charge on any atom is -0.0988 e. The summed E-state index contributed by atoms with van der Waals surface area (Å²) < 4.78 is 0. The minimum absolute atomic E-state index is 0.894. The maximum atomic E-state index is 3.88. The molecule has 0 aromatic rings. The number of hydrogen-bond acceptors (Lipinski definition) is 0. The van der Waals surface area contributed by atoms with E-state index in [1.54, 1.807) is 0 Å². The van der Waals surface area contributed by atoms with Crippen LogP contribution in [0.5, 0.6) is 0 Å². The molecule has 0 aliphatic carbocycles. The Hall–Kier alpha value is -1.56. The standard InChI is InChI=1S/C16H22.2C2H6/c1-6-9-11-16(10-7-2)13-15(8-3)12-14(4)5;2*1-2/h6-12H,3-4,13H2,1-2,5H3;2*1-2H3/b9-6-,10-7-,15-12+,16-11+;;. The average Bonchev–Trinajstić information content (AvgIpc) is 2.47. The van der Waals surface area contributed by atoms with E-state index >= 15 is 0 Å². The van der Waals surface area contributed by atoms with Crippen molar-refractivity contribution >= 4 is 0 Å². The normalized spacial score (nSPS) is 11.6. The molecular formula is C20H34. The van der Waals surface area contributed by atoms with Crippen molar-refractivity contribution in [3.63, 3.8) is 0 Å². The van der Waals surface area contributed by atoms with Crippen LogP contribution in [0.2, 0.25) is 0 Å². The van der Waals surface area contributed by atoms with E-state index < -0.39 is 0 Å². The second kappa shape index (κ2) is 19.8. The maximum Gasteiger partial charge on any atom is -0.00260 e. The van der Waals surface area contributed by atoms with E-state index in [-0.39, 0.29) is 0 Å². The topological polar surface area (TPSA) is 0 Å². The van der Waals surface area contributed by atoms with Crippen LogP contribution in [0.15, 0.2) is 72.4 Å². The molecule has 0 aromatic heterocycles. The van der Waals surface area contributed by atoms with Gasteiger partial charge < -0.3 is 0 Å². The highest BCUT2D eigenvalue weighted by molar-refractivity contribution is 5.35. The molecule has 0 saturated heterocycles. The molecule has 0 atom stereocenters. The van der Waals surface area contributed by atoms with Gasteiger partial charge in [0.1, 0.15) is 0 Å². The highest BCUT2D eigenvalue weighted by Crippen LogP contribution is 2.15. The monoisotopic (exact) mass is 274 g/mol. The fourth-order valence-electron chi connectivity index (χ4n) is 1.34. The van der Waals surface area contributed by atoms with Crippen molar-refractivity contribution in [1.82, 2.24) is 0 Å². The zero-order valence-corrected chi connectivity index (χ0v) is 14.7. The maximum absolute atomic E-state index is 3.88. The Morgan fingerprint density at radius 3 is 1.85 bits per heavy atom. The largest absolute Gasteiger partial charge is 0.0988 e. The van der Waals surface area contributed by atoms with Gasteiger partial charge in [-0.1, -0.05) is 89.0 Å². The first-order valence-corrected chi connectivity index (χ1v) is 7.57. The Labute approximate surface area is 128 Å². The van der Waals surface area contributed by atoms with Gasteiger partial charge in [0.15, 0.2) is 0 Å². The van der Waals surface area contributed by atoms with Gasteiger partial charge in [0.25, 0.3) is 0 Å². The van der Waals surface area contributed by atoms with E-state index in [1.165, 1.54) is 11.1 Å². The lowest BCUT2D eigenvalue weighted by Crippen LogP contribution is -1.84. The van der Waals surface area contributed by atoms with Crippen molar-refractivity contribution in [2.24, 2.45) is 0 Å². The lowest BCUT2D eigenvalue weighted by atomic mass is 10.0. The van der Waals surface area contributed by atoms with Crippen LogP contribution < -0.4 is 0 Å². The Kier molecular flexibility index (Phi) is 23.3. The molecule has 114 valence electrons. The Morgan fingerprint density at radius 1 is 0.950 bits per heavy atom. The molecule has 0 bridgehead atoms. The van der Waals surface area contributed by atoms with Crippen LogP contribution in [0, 0.1) is 0 Å². The quantitative estimate of drug-likeness (QED) is 0.449. The molecule has 0 aliphatic heterocycles. The first-order chi connectivity index (χ1) is 9.63. The average molecular weight is 274 g/mol. The molecule has 20 heavy (non-hydrogen) atoms. The van der Waals surface area contributed by atoms with Crippen molar-refractivity contribution < 1.29 is 0 Å². The van der Waals surface area contributed by atoms with Gasteiger partial charge in [-0.05, 0) is 38.3 Å². The molecule has 0 rings (SSSR count). The third-order valence-electron chi connectivity index (χ3n) is 1.99. The highest BCUT2D eigenvalue weighted by atomic mass is 14.0. The summed E-state index contributed by atoms with van der Waals surface area (Å²) >= 11 is 0. The molecule has 0 N–H and O–H groups in total. The minimum atomic E-state index is 0.894. The Morgan fingerprint density at radius 2 is 1.50 bits per heavy atom. The summed E-state index contributed by atoms with van der Waals surface area (Å²) in [7, 11) is 0. The molecule has 0 fully saturated rings. The Balaban J connectivity index is -0.000000656. The van der Waals surface area contributed by atoms with Crippen molar-refractivity contribution in [2.45, 2.75) is 54.9 Å². The first kappa shape index (κ1) is 23.5. The van der Waals surface area contributed by atoms with Crippen molar-refractivity contribution in [1.29, 1.82) is 0 Å². The molecule has 0 heteroatoms. The lowest BCUT2D eigenvalue weighted by Gasteiger charge is -2.03. The number of rotatable bonds is 6. The first-order valence-electron chi connectivity index (χ1n) is 7.57. The van der Waals surface area contributed by atoms with Crippen LogP contribution in [-0.4, -0.2) is 0 Å². The Bertz CT molecular complexity index is 346. The van der Waals surface area contributed by atoms with Gasteiger partial charge in [0.2, 0.25) is 0 Å². The fraction of sp³-hybridized carbons (Fsp3) is 0.400. The summed E-state index contributed by atoms with van der Waals surface area (Å²) in [5.74, 6) is 0. The summed E-state index contributed by atoms with van der Waals surface area (Å²) in [4.78, 5) is 0. The predicted octanol–water partition coefficient (Wildman–Crippen LogP) is 7.20. The molecule has 0 heterocycles. The third-order valence-corrected chi connectivity index (χ3v) is 1.99. The molecule has 0 radical (unpaired) electrons. The predicted molar refractivity (Wildman–Crippen MR) is 98.1 cm³/mol. The van der Waals surface area contributed by atoms with E-state index in [4.69, 9.17) is 0 Å². The van der Waals surface area contributed by atoms with Gasteiger partial charge in [0, 0.05) is 0 Å². The smallest absolute Gasteiger partial charge is 0.00260 e.